The SMILES string of the molecule is Cc1cnc(NC(C)C(=O)NC(C)C)c([N+](=O)[O-])c1. The average molecular weight is 266 g/mol. The Labute approximate surface area is 111 Å². The summed E-state index contributed by atoms with van der Waals surface area (Å²) in [5.74, 6) is -0.131. The van der Waals surface area contributed by atoms with Gasteiger partial charge in [-0.25, -0.2) is 4.98 Å². The van der Waals surface area contributed by atoms with Crippen molar-refractivity contribution in [2.45, 2.75) is 39.8 Å². The lowest BCUT2D eigenvalue weighted by molar-refractivity contribution is -0.384. The molecular formula is C12H18N4O3. The minimum atomic E-state index is -0.601. The molecule has 1 heterocycles. The minimum absolute atomic E-state index is 0.0118. The van der Waals surface area contributed by atoms with Gasteiger partial charge in [0, 0.05) is 18.3 Å². The van der Waals surface area contributed by atoms with Crippen molar-refractivity contribution in [3.8, 4) is 0 Å². The van der Waals surface area contributed by atoms with Crippen molar-refractivity contribution in [2.75, 3.05) is 5.32 Å². The van der Waals surface area contributed by atoms with Crippen LogP contribution in [0.2, 0.25) is 0 Å². The maximum absolute atomic E-state index is 11.7. The van der Waals surface area contributed by atoms with E-state index in [1.165, 1.54) is 12.3 Å². The van der Waals surface area contributed by atoms with Gasteiger partial charge in [0.05, 0.1) is 4.92 Å². The first-order valence-electron chi connectivity index (χ1n) is 5.99. The van der Waals surface area contributed by atoms with Gasteiger partial charge >= 0.3 is 5.69 Å². The van der Waals surface area contributed by atoms with E-state index in [4.69, 9.17) is 0 Å². The highest BCUT2D eigenvalue weighted by atomic mass is 16.6. The topological polar surface area (TPSA) is 97.2 Å². The molecule has 1 rings (SSSR count). The van der Waals surface area contributed by atoms with Crippen LogP contribution in [0.3, 0.4) is 0 Å². The van der Waals surface area contributed by atoms with Gasteiger partial charge < -0.3 is 10.6 Å². The summed E-state index contributed by atoms with van der Waals surface area (Å²) >= 11 is 0. The monoisotopic (exact) mass is 266 g/mol. The Morgan fingerprint density at radius 1 is 1.42 bits per heavy atom. The zero-order valence-corrected chi connectivity index (χ0v) is 11.4. The van der Waals surface area contributed by atoms with Crippen LogP contribution < -0.4 is 10.6 Å². The van der Waals surface area contributed by atoms with Gasteiger partial charge in [0.2, 0.25) is 11.7 Å². The summed E-state index contributed by atoms with van der Waals surface area (Å²) in [6.45, 7) is 7.04. The molecule has 7 heteroatoms. The number of nitrogens with zero attached hydrogens (tertiary/aromatic N) is 2. The van der Waals surface area contributed by atoms with E-state index in [1.54, 1.807) is 13.8 Å². The molecule has 0 aliphatic rings. The predicted octanol–water partition coefficient (Wildman–Crippen LogP) is 1.62. The van der Waals surface area contributed by atoms with Crippen molar-refractivity contribution in [2.24, 2.45) is 0 Å². The Balaban J connectivity index is 2.87. The van der Waals surface area contributed by atoms with E-state index in [2.05, 4.69) is 15.6 Å². The summed E-state index contributed by atoms with van der Waals surface area (Å²) in [6.07, 6.45) is 1.52. The van der Waals surface area contributed by atoms with E-state index in [1.807, 2.05) is 13.8 Å². The van der Waals surface area contributed by atoms with Crippen molar-refractivity contribution >= 4 is 17.4 Å². The zero-order chi connectivity index (χ0) is 14.6. The summed E-state index contributed by atoms with van der Waals surface area (Å²) in [5, 5.41) is 16.4. The lowest BCUT2D eigenvalue weighted by Gasteiger charge is -2.16. The molecule has 0 aliphatic heterocycles. The molecule has 0 fully saturated rings. The lowest BCUT2D eigenvalue weighted by atomic mass is 10.2. The van der Waals surface area contributed by atoms with Gasteiger partial charge in [-0.2, -0.15) is 0 Å². The number of anilines is 1. The van der Waals surface area contributed by atoms with Gasteiger partial charge in [-0.15, -0.1) is 0 Å². The van der Waals surface area contributed by atoms with E-state index in [-0.39, 0.29) is 23.5 Å². The maximum Gasteiger partial charge on any atom is 0.311 e. The summed E-state index contributed by atoms with van der Waals surface area (Å²) < 4.78 is 0. The Bertz CT molecular complexity index is 488. The molecule has 1 aromatic heterocycles. The van der Waals surface area contributed by atoms with Gasteiger partial charge in [0.25, 0.3) is 0 Å². The maximum atomic E-state index is 11.7. The highest BCUT2D eigenvalue weighted by Crippen LogP contribution is 2.22. The highest BCUT2D eigenvalue weighted by Gasteiger charge is 2.20. The first-order chi connectivity index (χ1) is 8.81. The van der Waals surface area contributed by atoms with Crippen molar-refractivity contribution in [3.05, 3.63) is 27.9 Å². The Morgan fingerprint density at radius 2 is 2.05 bits per heavy atom. The first-order valence-corrected chi connectivity index (χ1v) is 5.99. The van der Waals surface area contributed by atoms with Gasteiger partial charge in [-0.1, -0.05) is 0 Å². The fraction of sp³-hybridized carbons (Fsp3) is 0.500. The van der Waals surface area contributed by atoms with E-state index in [9.17, 15) is 14.9 Å². The second kappa shape index (κ2) is 6.12. The molecule has 0 bridgehead atoms. The molecule has 1 aromatic rings. The predicted molar refractivity (Wildman–Crippen MR) is 72.0 cm³/mol. The van der Waals surface area contributed by atoms with Crippen LogP contribution in [0.5, 0.6) is 0 Å². The standard InChI is InChI=1S/C12H18N4O3/c1-7(2)14-12(17)9(4)15-11-10(16(18)19)5-8(3)6-13-11/h5-7,9H,1-4H3,(H,13,15)(H,14,17). The fourth-order valence-corrected chi connectivity index (χ4v) is 1.48. The molecule has 1 amide bonds. The van der Waals surface area contributed by atoms with Gasteiger partial charge in [0.15, 0.2) is 0 Å². The number of carbonyl (C=O) groups is 1. The molecule has 19 heavy (non-hydrogen) atoms. The molecular weight excluding hydrogens is 248 g/mol. The third-order valence-corrected chi connectivity index (χ3v) is 2.38. The molecule has 0 aromatic carbocycles. The van der Waals surface area contributed by atoms with Crippen LogP contribution in [0.15, 0.2) is 12.3 Å². The summed E-state index contributed by atoms with van der Waals surface area (Å²) in [6, 6.07) is 0.830. The molecule has 1 unspecified atom stereocenters. The molecule has 7 nitrogen and oxygen atoms in total. The third-order valence-electron chi connectivity index (χ3n) is 2.38. The molecule has 1 atom stereocenters. The summed E-state index contributed by atoms with van der Waals surface area (Å²) in [5.41, 5.74) is 0.556. The molecule has 0 aliphatic carbocycles. The lowest BCUT2D eigenvalue weighted by Crippen LogP contribution is -2.41. The number of amides is 1. The smallest absolute Gasteiger partial charge is 0.311 e. The highest BCUT2D eigenvalue weighted by molar-refractivity contribution is 5.84. The number of rotatable bonds is 5. The van der Waals surface area contributed by atoms with Crippen LogP contribution in [-0.4, -0.2) is 27.9 Å². The first kappa shape index (κ1) is 14.9. The largest absolute Gasteiger partial charge is 0.353 e. The fourth-order valence-electron chi connectivity index (χ4n) is 1.48. The van der Waals surface area contributed by atoms with E-state index >= 15 is 0 Å². The Hall–Kier alpha value is -2.18. The van der Waals surface area contributed by atoms with E-state index in [0.717, 1.165) is 0 Å². The molecule has 0 saturated heterocycles. The molecule has 0 spiro atoms. The quantitative estimate of drug-likeness (QED) is 0.623. The van der Waals surface area contributed by atoms with E-state index < -0.39 is 11.0 Å². The van der Waals surface area contributed by atoms with Gasteiger partial charge in [-0.05, 0) is 33.3 Å². The summed E-state index contributed by atoms with van der Waals surface area (Å²) in [7, 11) is 0. The minimum Gasteiger partial charge on any atom is -0.353 e. The van der Waals surface area contributed by atoms with Crippen LogP contribution in [0.4, 0.5) is 11.5 Å². The number of pyridine rings is 1. The van der Waals surface area contributed by atoms with Crippen molar-refractivity contribution in [3.63, 3.8) is 0 Å². The molecule has 0 radical (unpaired) electrons. The average Bonchev–Trinajstić information content (AvgIpc) is 2.30. The van der Waals surface area contributed by atoms with E-state index in [0.29, 0.717) is 5.56 Å². The van der Waals surface area contributed by atoms with Crippen LogP contribution in [0.25, 0.3) is 0 Å². The van der Waals surface area contributed by atoms with Gasteiger partial charge in [-0.3, -0.25) is 14.9 Å². The van der Waals surface area contributed by atoms with Crippen LogP contribution in [0, 0.1) is 17.0 Å². The number of aryl methyl sites for hydroxylation is 1. The second-order valence-corrected chi connectivity index (χ2v) is 4.67. The number of carbonyl (C=O) groups excluding carboxylic acids is 1. The third kappa shape index (κ3) is 4.20. The number of aromatic nitrogens is 1. The van der Waals surface area contributed by atoms with Crippen LogP contribution in [0.1, 0.15) is 26.3 Å². The number of nitrogens with one attached hydrogen (secondary N) is 2. The number of hydrogen-bond donors (Lipinski definition) is 2. The Kier molecular flexibility index (Phi) is 4.80. The van der Waals surface area contributed by atoms with Crippen molar-refractivity contribution in [1.82, 2.24) is 10.3 Å². The number of hydrogen-bond acceptors (Lipinski definition) is 5. The van der Waals surface area contributed by atoms with Crippen molar-refractivity contribution < 1.29 is 9.72 Å². The van der Waals surface area contributed by atoms with Crippen LogP contribution >= 0.6 is 0 Å². The Morgan fingerprint density at radius 3 is 2.58 bits per heavy atom. The molecule has 2 N–H and O–H groups in total. The van der Waals surface area contributed by atoms with Crippen molar-refractivity contribution in [1.29, 1.82) is 0 Å². The summed E-state index contributed by atoms with van der Waals surface area (Å²) in [4.78, 5) is 26.1. The van der Waals surface area contributed by atoms with Crippen LogP contribution in [-0.2, 0) is 4.79 Å². The number of nitro groups is 1. The second-order valence-electron chi connectivity index (χ2n) is 4.67. The molecule has 0 saturated carbocycles. The zero-order valence-electron chi connectivity index (χ0n) is 11.4. The molecule has 104 valence electrons. The van der Waals surface area contributed by atoms with Gasteiger partial charge in [0.1, 0.15) is 6.04 Å². The normalized spacial score (nSPS) is 12.1.